The zero-order valence-corrected chi connectivity index (χ0v) is 11.7. The van der Waals surface area contributed by atoms with Gasteiger partial charge in [0.25, 0.3) is 5.91 Å². The highest BCUT2D eigenvalue weighted by atomic mass is 16.6. The fourth-order valence-electron chi connectivity index (χ4n) is 1.63. The molecule has 22 heavy (non-hydrogen) atoms. The van der Waals surface area contributed by atoms with E-state index in [1.807, 2.05) is 0 Å². The topological polar surface area (TPSA) is 145 Å². The number of aromatic amines is 1. The van der Waals surface area contributed by atoms with Crippen molar-refractivity contribution in [1.82, 2.24) is 20.0 Å². The number of carbonyl (C=O) groups excluding carboxylic acids is 2. The summed E-state index contributed by atoms with van der Waals surface area (Å²) in [6.45, 7) is 2.28. The van der Waals surface area contributed by atoms with Gasteiger partial charge in [0, 0.05) is 12.7 Å². The van der Waals surface area contributed by atoms with E-state index in [2.05, 4.69) is 25.3 Å². The Labute approximate surface area is 123 Å². The number of nitrogens with zero attached hydrogens (tertiary/aromatic N) is 4. The van der Waals surface area contributed by atoms with Crippen LogP contribution in [0, 0.1) is 10.1 Å². The van der Waals surface area contributed by atoms with Gasteiger partial charge in [-0.3, -0.25) is 9.48 Å². The summed E-state index contributed by atoms with van der Waals surface area (Å²) in [6, 6.07) is 0.984. The third kappa shape index (κ3) is 2.92. The van der Waals surface area contributed by atoms with Crippen molar-refractivity contribution in [3.63, 3.8) is 0 Å². The van der Waals surface area contributed by atoms with Crippen molar-refractivity contribution in [3.05, 3.63) is 33.8 Å². The van der Waals surface area contributed by atoms with Crippen LogP contribution >= 0.6 is 0 Å². The second-order valence-corrected chi connectivity index (χ2v) is 4.09. The number of hydrogen-bond donors (Lipinski definition) is 2. The number of methoxy groups -OCH3 is 1. The fraction of sp³-hybridized carbons (Fsp3) is 0.273. The van der Waals surface area contributed by atoms with Crippen LogP contribution in [0.4, 0.5) is 11.5 Å². The van der Waals surface area contributed by atoms with Gasteiger partial charge in [0.05, 0.1) is 18.9 Å². The van der Waals surface area contributed by atoms with Gasteiger partial charge in [0.15, 0.2) is 11.4 Å². The lowest BCUT2D eigenvalue weighted by Crippen LogP contribution is -2.15. The summed E-state index contributed by atoms with van der Waals surface area (Å²) >= 11 is 0. The highest BCUT2D eigenvalue weighted by molar-refractivity contribution is 6.06. The first-order valence-corrected chi connectivity index (χ1v) is 6.13. The van der Waals surface area contributed by atoms with Crippen molar-refractivity contribution in [2.75, 3.05) is 12.4 Å². The number of nitrogens with one attached hydrogen (secondary N) is 2. The van der Waals surface area contributed by atoms with E-state index in [0.717, 1.165) is 6.07 Å². The minimum Gasteiger partial charge on any atom is -0.464 e. The van der Waals surface area contributed by atoms with Gasteiger partial charge in [-0.2, -0.15) is 5.10 Å². The molecule has 116 valence electrons. The monoisotopic (exact) mass is 308 g/mol. The minimum atomic E-state index is -0.717. The molecule has 0 aliphatic heterocycles. The smallest absolute Gasteiger partial charge is 0.360 e. The molecule has 0 aliphatic carbocycles. The molecule has 0 aromatic carbocycles. The van der Waals surface area contributed by atoms with Gasteiger partial charge in [0.1, 0.15) is 0 Å². The summed E-state index contributed by atoms with van der Waals surface area (Å²) in [4.78, 5) is 33.5. The van der Waals surface area contributed by atoms with Crippen molar-refractivity contribution in [1.29, 1.82) is 0 Å². The standard InChI is InChI=1S/C11H12N6O5/c1-3-16-5-7(9(15-16)11(19)22-2)12-10(18)6-4-8(14-13-6)17(20)21/h4-5H,3H2,1-2H3,(H,12,18)(H,13,14). The first-order chi connectivity index (χ1) is 10.5. The number of ether oxygens (including phenoxy) is 1. The second kappa shape index (κ2) is 6.03. The average Bonchev–Trinajstić information content (AvgIpc) is 3.13. The number of carbonyl (C=O) groups is 2. The first kappa shape index (κ1) is 15.2. The molecule has 0 radical (unpaired) electrons. The highest BCUT2D eigenvalue weighted by Gasteiger charge is 2.22. The molecule has 0 saturated heterocycles. The Morgan fingerprint density at radius 1 is 1.55 bits per heavy atom. The Morgan fingerprint density at radius 2 is 2.27 bits per heavy atom. The molecule has 0 aliphatic rings. The van der Waals surface area contributed by atoms with Crippen LogP contribution in [-0.2, 0) is 11.3 Å². The van der Waals surface area contributed by atoms with Gasteiger partial charge < -0.3 is 20.2 Å². The third-order valence-corrected chi connectivity index (χ3v) is 2.71. The molecule has 2 heterocycles. The number of H-pyrrole nitrogens is 1. The molecule has 0 unspecified atom stereocenters. The lowest BCUT2D eigenvalue weighted by Gasteiger charge is -2.01. The molecule has 11 heteroatoms. The number of aromatic nitrogens is 4. The van der Waals surface area contributed by atoms with Crippen LogP contribution in [-0.4, -0.2) is 43.9 Å². The molecule has 0 bridgehead atoms. The van der Waals surface area contributed by atoms with E-state index in [9.17, 15) is 19.7 Å². The van der Waals surface area contributed by atoms with E-state index in [0.29, 0.717) is 6.54 Å². The predicted octanol–water partition coefficient (Wildman–Crippen LogP) is 0.573. The normalized spacial score (nSPS) is 10.3. The number of amides is 1. The highest BCUT2D eigenvalue weighted by Crippen LogP contribution is 2.17. The Morgan fingerprint density at radius 3 is 2.82 bits per heavy atom. The SMILES string of the molecule is CCn1cc(NC(=O)c2cc([N+](=O)[O-])[nH]n2)c(C(=O)OC)n1. The summed E-state index contributed by atoms with van der Waals surface area (Å²) in [5.74, 6) is -1.84. The van der Waals surface area contributed by atoms with Crippen molar-refractivity contribution in [3.8, 4) is 0 Å². The Bertz CT molecular complexity index is 733. The molecular weight excluding hydrogens is 296 g/mol. The van der Waals surface area contributed by atoms with E-state index < -0.39 is 22.6 Å². The maximum absolute atomic E-state index is 12.0. The number of esters is 1. The summed E-state index contributed by atoms with van der Waals surface area (Å²) in [5, 5.41) is 22.6. The van der Waals surface area contributed by atoms with E-state index >= 15 is 0 Å². The van der Waals surface area contributed by atoms with E-state index in [1.165, 1.54) is 18.0 Å². The van der Waals surface area contributed by atoms with Gasteiger partial charge in [-0.15, -0.1) is 5.10 Å². The summed E-state index contributed by atoms with van der Waals surface area (Å²) < 4.78 is 6.02. The van der Waals surface area contributed by atoms with Gasteiger partial charge in [-0.25, -0.2) is 4.79 Å². The van der Waals surface area contributed by atoms with E-state index in [1.54, 1.807) is 6.92 Å². The summed E-state index contributed by atoms with van der Waals surface area (Å²) in [6.07, 6.45) is 1.45. The van der Waals surface area contributed by atoms with Crippen LogP contribution in [0.5, 0.6) is 0 Å². The summed E-state index contributed by atoms with van der Waals surface area (Å²) in [5.41, 5.74) is -0.126. The third-order valence-electron chi connectivity index (χ3n) is 2.71. The van der Waals surface area contributed by atoms with Gasteiger partial charge >= 0.3 is 11.8 Å². The zero-order chi connectivity index (χ0) is 16.3. The average molecular weight is 308 g/mol. The molecule has 2 N–H and O–H groups in total. The molecule has 0 spiro atoms. The molecule has 2 rings (SSSR count). The molecule has 2 aromatic rings. The van der Waals surface area contributed by atoms with Crippen molar-refractivity contribution >= 4 is 23.4 Å². The maximum Gasteiger partial charge on any atom is 0.360 e. The quantitative estimate of drug-likeness (QED) is 0.466. The van der Waals surface area contributed by atoms with Crippen LogP contribution in [0.1, 0.15) is 27.9 Å². The largest absolute Gasteiger partial charge is 0.464 e. The maximum atomic E-state index is 12.0. The van der Waals surface area contributed by atoms with Crippen molar-refractivity contribution in [2.24, 2.45) is 0 Å². The zero-order valence-electron chi connectivity index (χ0n) is 11.7. The lowest BCUT2D eigenvalue weighted by atomic mass is 10.3. The number of hydrogen-bond acceptors (Lipinski definition) is 7. The molecule has 0 saturated carbocycles. The molecule has 2 aromatic heterocycles. The summed E-state index contributed by atoms with van der Waals surface area (Å²) in [7, 11) is 1.19. The molecule has 11 nitrogen and oxygen atoms in total. The van der Waals surface area contributed by atoms with Crippen molar-refractivity contribution < 1.29 is 19.2 Å². The Kier molecular flexibility index (Phi) is 4.15. The van der Waals surface area contributed by atoms with Crippen LogP contribution in [0.2, 0.25) is 0 Å². The first-order valence-electron chi connectivity index (χ1n) is 6.13. The van der Waals surface area contributed by atoms with E-state index in [4.69, 9.17) is 0 Å². The lowest BCUT2D eigenvalue weighted by molar-refractivity contribution is -0.389. The predicted molar refractivity (Wildman–Crippen MR) is 72.4 cm³/mol. The number of rotatable bonds is 5. The number of nitro groups is 1. The molecule has 0 fully saturated rings. The molecular formula is C11H12N6O5. The van der Waals surface area contributed by atoms with Crippen LogP contribution in [0.3, 0.4) is 0 Å². The number of aryl methyl sites for hydroxylation is 1. The van der Waals surface area contributed by atoms with Crippen LogP contribution in [0.15, 0.2) is 12.3 Å². The Balaban J connectivity index is 2.25. The van der Waals surface area contributed by atoms with Gasteiger partial charge in [-0.05, 0) is 11.8 Å². The van der Waals surface area contributed by atoms with Gasteiger partial charge in [-0.1, -0.05) is 5.10 Å². The fourth-order valence-corrected chi connectivity index (χ4v) is 1.63. The molecule has 1 amide bonds. The van der Waals surface area contributed by atoms with Crippen LogP contribution in [0.25, 0.3) is 0 Å². The second-order valence-electron chi connectivity index (χ2n) is 4.09. The minimum absolute atomic E-state index is 0.0669. The van der Waals surface area contributed by atoms with Crippen LogP contribution < -0.4 is 5.32 Å². The van der Waals surface area contributed by atoms with Gasteiger partial charge in [0.2, 0.25) is 0 Å². The van der Waals surface area contributed by atoms with Crippen molar-refractivity contribution in [2.45, 2.75) is 13.5 Å². The number of anilines is 1. The molecule has 0 atom stereocenters. The Hall–Kier alpha value is -3.24. The van der Waals surface area contributed by atoms with E-state index in [-0.39, 0.29) is 17.1 Å².